The summed E-state index contributed by atoms with van der Waals surface area (Å²) in [5.41, 5.74) is 2.32. The van der Waals surface area contributed by atoms with Gasteiger partial charge in [-0.2, -0.15) is 0 Å². The Morgan fingerprint density at radius 1 is 1.19 bits per heavy atom. The van der Waals surface area contributed by atoms with Crippen LogP contribution in [-0.4, -0.2) is 14.2 Å². The summed E-state index contributed by atoms with van der Waals surface area (Å²) in [6, 6.07) is 12.1. The first-order chi connectivity index (χ1) is 10.0. The molecule has 0 fully saturated rings. The summed E-state index contributed by atoms with van der Waals surface area (Å²) in [4.78, 5) is 0. The summed E-state index contributed by atoms with van der Waals surface area (Å²) in [6.07, 6.45) is 0.819. The number of methoxy groups -OCH3 is 1. The average Bonchev–Trinajstić information content (AvgIpc) is 2.45. The Kier molecular flexibility index (Phi) is 6.11. The first kappa shape index (κ1) is 16.8. The van der Waals surface area contributed by atoms with Gasteiger partial charge in [0.1, 0.15) is 5.75 Å². The van der Waals surface area contributed by atoms with Gasteiger partial charge in [0.2, 0.25) is 0 Å². The predicted molar refractivity (Wildman–Crippen MR) is 95.4 cm³/mol. The molecule has 2 rings (SSSR count). The van der Waals surface area contributed by atoms with Crippen LogP contribution in [0.4, 0.5) is 0 Å². The minimum Gasteiger partial charge on any atom is -0.496 e. The van der Waals surface area contributed by atoms with Crippen LogP contribution in [-0.2, 0) is 6.42 Å². The lowest BCUT2D eigenvalue weighted by molar-refractivity contribution is 0.406. The second-order valence-corrected chi connectivity index (χ2v) is 6.87. The fourth-order valence-electron chi connectivity index (χ4n) is 2.28. The molecule has 0 bridgehead atoms. The smallest absolute Gasteiger partial charge is 0.122 e. The Morgan fingerprint density at radius 3 is 2.57 bits per heavy atom. The van der Waals surface area contributed by atoms with E-state index in [4.69, 9.17) is 16.3 Å². The van der Waals surface area contributed by atoms with Crippen LogP contribution in [0.2, 0.25) is 5.02 Å². The lowest BCUT2D eigenvalue weighted by Gasteiger charge is -2.20. The maximum atomic E-state index is 6.02. The van der Waals surface area contributed by atoms with E-state index in [-0.39, 0.29) is 6.04 Å². The summed E-state index contributed by atoms with van der Waals surface area (Å²) in [6.45, 7) is 0. The Balaban J connectivity index is 2.33. The van der Waals surface area contributed by atoms with Crippen molar-refractivity contribution in [1.29, 1.82) is 0 Å². The van der Waals surface area contributed by atoms with Crippen molar-refractivity contribution >= 4 is 43.5 Å². The van der Waals surface area contributed by atoms with Gasteiger partial charge in [0.15, 0.2) is 0 Å². The van der Waals surface area contributed by atoms with Crippen molar-refractivity contribution in [3.05, 3.63) is 61.5 Å². The lowest BCUT2D eigenvalue weighted by Crippen LogP contribution is -2.19. The molecule has 0 aromatic heterocycles. The molecule has 0 radical (unpaired) electrons. The van der Waals surface area contributed by atoms with E-state index in [9.17, 15) is 0 Å². The van der Waals surface area contributed by atoms with Crippen LogP contribution in [0.5, 0.6) is 5.75 Å². The van der Waals surface area contributed by atoms with E-state index in [0.29, 0.717) is 0 Å². The zero-order chi connectivity index (χ0) is 15.4. The van der Waals surface area contributed by atoms with Crippen LogP contribution in [0.15, 0.2) is 45.3 Å². The van der Waals surface area contributed by atoms with Crippen LogP contribution in [0.3, 0.4) is 0 Å². The Hall–Kier alpha value is -0.550. The normalized spacial score (nSPS) is 12.2. The molecule has 0 aliphatic rings. The van der Waals surface area contributed by atoms with Crippen molar-refractivity contribution in [2.24, 2.45) is 0 Å². The van der Waals surface area contributed by atoms with E-state index in [1.165, 1.54) is 5.56 Å². The van der Waals surface area contributed by atoms with Crippen LogP contribution < -0.4 is 10.1 Å². The zero-order valence-electron chi connectivity index (χ0n) is 11.8. The number of benzene rings is 2. The van der Waals surface area contributed by atoms with Crippen molar-refractivity contribution in [2.75, 3.05) is 14.2 Å². The third kappa shape index (κ3) is 4.22. The monoisotopic (exact) mass is 431 g/mol. The summed E-state index contributed by atoms with van der Waals surface area (Å²) in [7, 11) is 3.65. The summed E-state index contributed by atoms with van der Waals surface area (Å²) < 4.78 is 7.50. The van der Waals surface area contributed by atoms with Gasteiger partial charge in [-0.1, -0.05) is 49.5 Å². The molecular formula is C16H16Br2ClNO. The standard InChI is InChI=1S/C16H16Br2ClNO/c1-20-15(13-5-4-12(19)9-14(13)18)8-10-7-11(17)3-6-16(10)21-2/h3-7,9,15,20H,8H2,1-2H3. The van der Waals surface area contributed by atoms with Gasteiger partial charge in [-0.25, -0.2) is 0 Å². The van der Waals surface area contributed by atoms with Gasteiger partial charge in [0.25, 0.3) is 0 Å². The minimum atomic E-state index is 0.167. The van der Waals surface area contributed by atoms with Gasteiger partial charge in [-0.15, -0.1) is 0 Å². The topological polar surface area (TPSA) is 21.3 Å². The highest BCUT2D eigenvalue weighted by Gasteiger charge is 2.16. The van der Waals surface area contributed by atoms with Crippen molar-refractivity contribution in [3.63, 3.8) is 0 Å². The summed E-state index contributed by atoms with van der Waals surface area (Å²) in [5, 5.41) is 4.08. The molecule has 1 atom stereocenters. The molecule has 1 N–H and O–H groups in total. The highest BCUT2D eigenvalue weighted by Crippen LogP contribution is 2.32. The van der Waals surface area contributed by atoms with Crippen molar-refractivity contribution < 1.29 is 4.74 Å². The van der Waals surface area contributed by atoms with Gasteiger partial charge < -0.3 is 10.1 Å². The molecule has 2 aromatic carbocycles. The third-order valence-electron chi connectivity index (χ3n) is 3.35. The molecule has 5 heteroatoms. The van der Waals surface area contributed by atoms with E-state index in [1.807, 2.05) is 37.4 Å². The van der Waals surface area contributed by atoms with E-state index in [0.717, 1.165) is 31.7 Å². The summed E-state index contributed by atoms with van der Waals surface area (Å²) in [5.74, 6) is 0.892. The highest BCUT2D eigenvalue weighted by atomic mass is 79.9. The van der Waals surface area contributed by atoms with Gasteiger partial charge in [-0.05, 0) is 54.9 Å². The number of ether oxygens (including phenoxy) is 1. The molecule has 0 saturated heterocycles. The van der Waals surface area contributed by atoms with Crippen molar-refractivity contribution in [3.8, 4) is 5.75 Å². The van der Waals surface area contributed by atoms with Crippen molar-refractivity contribution in [1.82, 2.24) is 5.32 Å². The second-order valence-electron chi connectivity index (χ2n) is 4.67. The molecule has 21 heavy (non-hydrogen) atoms. The molecule has 2 nitrogen and oxygen atoms in total. The number of nitrogens with one attached hydrogen (secondary N) is 1. The average molecular weight is 434 g/mol. The molecular weight excluding hydrogens is 417 g/mol. The quantitative estimate of drug-likeness (QED) is 0.684. The number of likely N-dealkylation sites (N-methyl/N-ethyl adjacent to an activating group) is 1. The van der Waals surface area contributed by atoms with E-state index in [2.05, 4.69) is 43.2 Å². The highest BCUT2D eigenvalue weighted by molar-refractivity contribution is 9.10. The SMILES string of the molecule is CNC(Cc1cc(Br)ccc1OC)c1ccc(Cl)cc1Br. The van der Waals surface area contributed by atoms with Crippen LogP contribution in [0.25, 0.3) is 0 Å². The molecule has 0 spiro atoms. The van der Waals surface area contributed by atoms with Gasteiger partial charge in [0, 0.05) is 20.0 Å². The molecule has 112 valence electrons. The zero-order valence-corrected chi connectivity index (χ0v) is 15.7. The maximum absolute atomic E-state index is 6.02. The number of halogens is 3. The predicted octanol–water partition coefficient (Wildman–Crippen LogP) is 5.38. The lowest BCUT2D eigenvalue weighted by atomic mass is 9.98. The fourth-order valence-corrected chi connectivity index (χ4v) is 3.65. The van der Waals surface area contributed by atoms with E-state index in [1.54, 1.807) is 7.11 Å². The van der Waals surface area contributed by atoms with Gasteiger partial charge in [-0.3, -0.25) is 0 Å². The van der Waals surface area contributed by atoms with Gasteiger partial charge >= 0.3 is 0 Å². The molecule has 0 amide bonds. The molecule has 0 heterocycles. The molecule has 1 unspecified atom stereocenters. The Morgan fingerprint density at radius 2 is 1.95 bits per heavy atom. The van der Waals surface area contributed by atoms with Crippen LogP contribution >= 0.6 is 43.5 Å². The second kappa shape index (κ2) is 7.63. The van der Waals surface area contributed by atoms with Crippen LogP contribution in [0, 0.1) is 0 Å². The summed E-state index contributed by atoms with van der Waals surface area (Å²) >= 11 is 13.1. The minimum absolute atomic E-state index is 0.167. The first-order valence-electron chi connectivity index (χ1n) is 6.49. The number of hydrogen-bond donors (Lipinski definition) is 1. The molecule has 0 aliphatic carbocycles. The number of hydrogen-bond acceptors (Lipinski definition) is 2. The Bertz CT molecular complexity index is 634. The van der Waals surface area contributed by atoms with Crippen molar-refractivity contribution in [2.45, 2.75) is 12.5 Å². The molecule has 2 aromatic rings. The number of rotatable bonds is 5. The van der Waals surface area contributed by atoms with E-state index >= 15 is 0 Å². The van der Waals surface area contributed by atoms with Crippen LogP contribution in [0.1, 0.15) is 17.2 Å². The fraction of sp³-hybridized carbons (Fsp3) is 0.250. The molecule has 0 saturated carbocycles. The Labute approximate surface area is 147 Å². The first-order valence-corrected chi connectivity index (χ1v) is 8.46. The molecule has 0 aliphatic heterocycles. The maximum Gasteiger partial charge on any atom is 0.122 e. The third-order valence-corrected chi connectivity index (χ3v) is 4.77. The largest absolute Gasteiger partial charge is 0.496 e. The van der Waals surface area contributed by atoms with Gasteiger partial charge in [0.05, 0.1) is 7.11 Å². The van der Waals surface area contributed by atoms with E-state index < -0.39 is 0 Å².